The molecular formula is C18H15N5O3. The molecule has 4 rings (SSSR count). The summed E-state index contributed by atoms with van der Waals surface area (Å²) in [5.41, 5.74) is 3.31. The van der Waals surface area contributed by atoms with E-state index in [2.05, 4.69) is 20.2 Å². The first-order chi connectivity index (χ1) is 12.8. The van der Waals surface area contributed by atoms with Crippen LogP contribution in [0.25, 0.3) is 11.3 Å². The third-order valence-electron chi connectivity index (χ3n) is 3.84. The molecule has 3 aromatic heterocycles. The topological polar surface area (TPSA) is 101 Å². The lowest BCUT2D eigenvalue weighted by Gasteiger charge is -2.19. The summed E-state index contributed by atoms with van der Waals surface area (Å²) in [5, 5.41) is 7.06. The van der Waals surface area contributed by atoms with Crippen LogP contribution in [-0.4, -0.2) is 31.0 Å². The fraction of sp³-hybridized carbons (Fsp3) is 0.111. The second-order valence-corrected chi connectivity index (χ2v) is 5.65. The van der Waals surface area contributed by atoms with Gasteiger partial charge in [0.05, 0.1) is 30.2 Å². The van der Waals surface area contributed by atoms with Crippen LogP contribution in [0.5, 0.6) is 0 Å². The average Bonchev–Trinajstić information content (AvgIpc) is 3.44. The highest BCUT2D eigenvalue weighted by atomic mass is 16.3. The molecule has 1 N–H and O–H groups in total. The van der Waals surface area contributed by atoms with Crippen LogP contribution in [0, 0.1) is 0 Å². The van der Waals surface area contributed by atoms with Gasteiger partial charge in [0.15, 0.2) is 12.8 Å². The molecule has 0 spiro atoms. The Morgan fingerprint density at radius 3 is 2.23 bits per heavy atom. The molecular weight excluding hydrogens is 334 g/mol. The Balaban J connectivity index is 1.58. The number of amides is 1. The third kappa shape index (κ3) is 3.39. The number of benzene rings is 1. The Bertz CT molecular complexity index is 925. The van der Waals surface area contributed by atoms with Crippen molar-refractivity contribution >= 4 is 5.91 Å². The van der Waals surface area contributed by atoms with Crippen LogP contribution in [0.15, 0.2) is 70.5 Å². The van der Waals surface area contributed by atoms with Crippen molar-refractivity contribution in [1.82, 2.24) is 25.1 Å². The van der Waals surface area contributed by atoms with E-state index in [0.29, 0.717) is 22.8 Å². The van der Waals surface area contributed by atoms with Gasteiger partial charge in [-0.05, 0) is 6.07 Å². The fourth-order valence-electron chi connectivity index (χ4n) is 2.58. The van der Waals surface area contributed by atoms with E-state index in [0.717, 1.165) is 5.56 Å². The van der Waals surface area contributed by atoms with E-state index in [-0.39, 0.29) is 19.0 Å². The highest BCUT2D eigenvalue weighted by molar-refractivity contribution is 5.93. The molecule has 0 saturated heterocycles. The number of hydrogen-bond donors (Lipinski definition) is 1. The van der Waals surface area contributed by atoms with E-state index >= 15 is 0 Å². The summed E-state index contributed by atoms with van der Waals surface area (Å²) in [6, 6.07) is 11.4. The van der Waals surface area contributed by atoms with Crippen LogP contribution in [0.4, 0.5) is 0 Å². The SMILES string of the molecule is O=C(c1cc(-c2ccccc2)n[nH]1)N(Cc1cocn1)Cc1cocn1. The lowest BCUT2D eigenvalue weighted by atomic mass is 10.1. The number of rotatable bonds is 6. The minimum Gasteiger partial charge on any atom is -0.451 e. The summed E-state index contributed by atoms with van der Waals surface area (Å²) in [7, 11) is 0. The van der Waals surface area contributed by atoms with Gasteiger partial charge in [-0.1, -0.05) is 30.3 Å². The Morgan fingerprint density at radius 2 is 1.65 bits per heavy atom. The van der Waals surface area contributed by atoms with Crippen molar-refractivity contribution in [3.8, 4) is 11.3 Å². The van der Waals surface area contributed by atoms with Crippen LogP contribution in [0.3, 0.4) is 0 Å². The molecule has 1 aromatic carbocycles. The molecule has 0 unspecified atom stereocenters. The number of carbonyl (C=O) groups is 1. The van der Waals surface area contributed by atoms with Crippen molar-refractivity contribution < 1.29 is 13.6 Å². The second-order valence-electron chi connectivity index (χ2n) is 5.65. The maximum Gasteiger partial charge on any atom is 0.272 e. The van der Waals surface area contributed by atoms with Gasteiger partial charge in [-0.15, -0.1) is 0 Å². The maximum atomic E-state index is 13.0. The molecule has 0 aliphatic rings. The highest BCUT2D eigenvalue weighted by Crippen LogP contribution is 2.19. The first kappa shape index (κ1) is 15.8. The number of aromatic amines is 1. The van der Waals surface area contributed by atoms with Crippen molar-refractivity contribution in [3.63, 3.8) is 0 Å². The molecule has 130 valence electrons. The molecule has 0 aliphatic heterocycles. The summed E-state index contributed by atoms with van der Waals surface area (Å²) in [4.78, 5) is 22.7. The van der Waals surface area contributed by atoms with Gasteiger partial charge in [-0.3, -0.25) is 9.89 Å². The summed E-state index contributed by atoms with van der Waals surface area (Å²) in [5.74, 6) is -0.217. The number of nitrogens with zero attached hydrogens (tertiary/aromatic N) is 4. The molecule has 0 aliphatic carbocycles. The summed E-state index contributed by atoms with van der Waals surface area (Å²) in [6.07, 6.45) is 5.67. The average molecular weight is 349 g/mol. The van der Waals surface area contributed by atoms with Crippen molar-refractivity contribution in [2.45, 2.75) is 13.1 Å². The first-order valence-corrected chi connectivity index (χ1v) is 7.94. The minimum absolute atomic E-state index is 0.217. The number of H-pyrrole nitrogens is 1. The third-order valence-corrected chi connectivity index (χ3v) is 3.84. The van der Waals surface area contributed by atoms with E-state index in [1.807, 2.05) is 30.3 Å². The quantitative estimate of drug-likeness (QED) is 0.574. The molecule has 26 heavy (non-hydrogen) atoms. The van der Waals surface area contributed by atoms with Crippen molar-refractivity contribution in [3.05, 3.63) is 78.8 Å². The normalized spacial score (nSPS) is 10.8. The summed E-state index contributed by atoms with van der Waals surface area (Å²) in [6.45, 7) is 0.559. The van der Waals surface area contributed by atoms with Crippen molar-refractivity contribution in [2.24, 2.45) is 0 Å². The zero-order chi connectivity index (χ0) is 17.8. The smallest absolute Gasteiger partial charge is 0.272 e. The van der Waals surface area contributed by atoms with E-state index in [9.17, 15) is 4.79 Å². The molecule has 0 bridgehead atoms. The molecule has 0 fully saturated rings. The molecule has 1 amide bonds. The molecule has 8 heteroatoms. The van der Waals surface area contributed by atoms with Gasteiger partial charge in [0.2, 0.25) is 0 Å². The standard InChI is InChI=1S/C18H15N5O3/c24-18(17-6-16(21-22-17)13-4-2-1-3-5-13)23(7-14-9-25-11-19-14)8-15-10-26-12-20-15/h1-6,9-12H,7-8H2,(H,21,22). The maximum absolute atomic E-state index is 13.0. The molecule has 3 heterocycles. The summed E-state index contributed by atoms with van der Waals surface area (Å²) < 4.78 is 9.99. The van der Waals surface area contributed by atoms with Gasteiger partial charge < -0.3 is 13.7 Å². The molecule has 0 atom stereocenters. The lowest BCUT2D eigenvalue weighted by Crippen LogP contribution is -2.30. The summed E-state index contributed by atoms with van der Waals surface area (Å²) >= 11 is 0. The van der Waals surface area contributed by atoms with E-state index in [4.69, 9.17) is 8.83 Å². The van der Waals surface area contributed by atoms with E-state index < -0.39 is 0 Å². The van der Waals surface area contributed by atoms with Gasteiger partial charge >= 0.3 is 0 Å². The van der Waals surface area contributed by atoms with Gasteiger partial charge in [0.25, 0.3) is 5.91 Å². The van der Waals surface area contributed by atoms with Crippen LogP contribution in [-0.2, 0) is 13.1 Å². The highest BCUT2D eigenvalue weighted by Gasteiger charge is 2.21. The van der Waals surface area contributed by atoms with Gasteiger partial charge in [-0.25, -0.2) is 9.97 Å². The monoisotopic (exact) mass is 349 g/mol. The number of oxazole rings is 2. The van der Waals surface area contributed by atoms with Crippen LogP contribution in [0.1, 0.15) is 21.9 Å². The van der Waals surface area contributed by atoms with Gasteiger partial charge in [-0.2, -0.15) is 5.10 Å². The zero-order valence-corrected chi connectivity index (χ0v) is 13.7. The van der Waals surface area contributed by atoms with Crippen LogP contribution < -0.4 is 0 Å². The van der Waals surface area contributed by atoms with E-state index in [1.54, 1.807) is 11.0 Å². The Labute approximate surface area is 148 Å². The number of carbonyl (C=O) groups excluding carboxylic acids is 1. The number of nitrogens with one attached hydrogen (secondary N) is 1. The molecule has 0 saturated carbocycles. The Hall–Kier alpha value is -3.68. The lowest BCUT2D eigenvalue weighted by molar-refractivity contribution is 0.0719. The Kier molecular flexibility index (Phi) is 4.29. The van der Waals surface area contributed by atoms with E-state index in [1.165, 1.54) is 25.3 Å². The number of aromatic nitrogens is 4. The fourth-order valence-corrected chi connectivity index (χ4v) is 2.58. The van der Waals surface area contributed by atoms with Gasteiger partial charge in [0.1, 0.15) is 18.2 Å². The van der Waals surface area contributed by atoms with Crippen molar-refractivity contribution in [1.29, 1.82) is 0 Å². The van der Waals surface area contributed by atoms with Crippen LogP contribution in [0.2, 0.25) is 0 Å². The predicted octanol–water partition coefficient (Wildman–Crippen LogP) is 2.90. The van der Waals surface area contributed by atoms with Crippen LogP contribution >= 0.6 is 0 Å². The second kappa shape index (κ2) is 7.06. The Morgan fingerprint density at radius 1 is 1.00 bits per heavy atom. The first-order valence-electron chi connectivity index (χ1n) is 7.94. The molecule has 0 radical (unpaired) electrons. The predicted molar refractivity (Wildman–Crippen MR) is 90.6 cm³/mol. The molecule has 4 aromatic rings. The van der Waals surface area contributed by atoms with Gasteiger partial charge in [0, 0.05) is 5.56 Å². The zero-order valence-electron chi connectivity index (χ0n) is 13.7. The number of hydrogen-bond acceptors (Lipinski definition) is 6. The van der Waals surface area contributed by atoms with Crippen molar-refractivity contribution in [2.75, 3.05) is 0 Å². The molecule has 8 nitrogen and oxygen atoms in total. The minimum atomic E-state index is -0.217. The largest absolute Gasteiger partial charge is 0.451 e.